The van der Waals surface area contributed by atoms with E-state index in [0.717, 1.165) is 4.60 Å². The number of nitro benzene ring substituents is 2. The average Bonchev–Trinajstić information content (AvgIpc) is 3.18. The number of para-hydroxylation sites is 8. The van der Waals surface area contributed by atoms with Gasteiger partial charge in [-0.25, -0.2) is 0 Å². The number of benzene rings is 6. The van der Waals surface area contributed by atoms with Gasteiger partial charge in [0.15, 0.2) is 0 Å². The third-order valence-corrected chi connectivity index (χ3v) is 16.0. The van der Waals surface area contributed by atoms with Crippen LogP contribution in [0.4, 0.5) is 11.4 Å². The van der Waals surface area contributed by atoms with E-state index in [1.54, 1.807) is 121 Å². The normalized spacial score (nSPS) is 16.6. The summed E-state index contributed by atoms with van der Waals surface area (Å²) < 4.78 is 40.4. The van der Waals surface area contributed by atoms with Crippen molar-refractivity contribution < 1.29 is 37.3 Å². The topological polar surface area (TPSA) is 169 Å². The molecule has 0 aromatic heterocycles. The van der Waals surface area contributed by atoms with Crippen molar-refractivity contribution in [3.63, 3.8) is 0 Å². The molecule has 54 heavy (non-hydrogen) atoms. The molecule has 0 radical (unpaired) electrons. The fourth-order valence-corrected chi connectivity index (χ4v) is 14.5. The van der Waals surface area contributed by atoms with Crippen molar-refractivity contribution in [3.8, 4) is 34.5 Å². The molecule has 1 atom stereocenters. The van der Waals surface area contributed by atoms with Crippen LogP contribution in [0.3, 0.4) is 0 Å². The first-order valence-corrected chi connectivity index (χ1v) is 20.5. The summed E-state index contributed by atoms with van der Waals surface area (Å²) in [5, 5.41) is 25.0. The first-order chi connectivity index (χ1) is 26.3. The molecule has 0 saturated heterocycles. The maximum absolute atomic E-state index is 12.5. The zero-order valence-corrected chi connectivity index (χ0v) is 30.7. The first-order valence-electron chi connectivity index (χ1n) is 16.1. The van der Waals surface area contributed by atoms with Crippen molar-refractivity contribution in [2.45, 2.75) is 0 Å². The fraction of sp³-hybridized carbons (Fsp3) is 0. The maximum atomic E-state index is 12.5. The fourth-order valence-electron chi connectivity index (χ4n) is 5.13. The van der Waals surface area contributed by atoms with Gasteiger partial charge in [0, 0.05) is 0 Å². The Hall–Kier alpha value is -6.07. The van der Waals surface area contributed by atoms with Crippen LogP contribution in [0.1, 0.15) is 0 Å². The van der Waals surface area contributed by atoms with Crippen LogP contribution in [0.15, 0.2) is 174 Å². The standard InChI is InChI=1S/C36H30N5O10P3/c42-39(43)33-25-13-15-27-35(33)46-41-53(47-29-17-5-1-6-18-29,48-30-19-7-2-8-20-30)37-52-38-54(41,49-31-21-9-3-10-22-31,50-32-23-11-4-12-24-32)51-36-28-16-14-26-34(36)40(44)45/h1-28,38,52H. The molecule has 6 aromatic carbocycles. The van der Waals surface area contributed by atoms with Crippen LogP contribution < -0.4 is 32.3 Å². The second-order valence-corrected chi connectivity index (χ2v) is 17.7. The number of nitro groups is 2. The van der Waals surface area contributed by atoms with Gasteiger partial charge < -0.3 is 0 Å². The number of nitrogens with zero attached hydrogens (tertiary/aromatic N) is 4. The van der Waals surface area contributed by atoms with Crippen molar-refractivity contribution in [2.24, 2.45) is 4.52 Å². The molecule has 6 aromatic rings. The molecule has 1 heterocycles. The van der Waals surface area contributed by atoms with E-state index in [9.17, 15) is 20.2 Å². The van der Waals surface area contributed by atoms with Gasteiger partial charge in [0.2, 0.25) is 0 Å². The Morgan fingerprint density at radius 1 is 0.537 bits per heavy atom. The van der Waals surface area contributed by atoms with Crippen molar-refractivity contribution in [1.82, 2.24) is 9.46 Å². The van der Waals surface area contributed by atoms with Gasteiger partial charge in [-0.15, -0.1) is 0 Å². The number of hydrogen-bond donors (Lipinski definition) is 1. The Kier molecular flexibility index (Phi) is 10.4. The molecule has 0 fully saturated rings. The summed E-state index contributed by atoms with van der Waals surface area (Å²) >= 11 is 0. The van der Waals surface area contributed by atoms with E-state index >= 15 is 0 Å². The third-order valence-electron chi connectivity index (χ3n) is 7.44. The molecule has 7 rings (SSSR count). The van der Waals surface area contributed by atoms with Crippen molar-refractivity contribution in [1.29, 1.82) is 0 Å². The van der Waals surface area contributed by atoms with Gasteiger partial charge in [-0.2, -0.15) is 0 Å². The van der Waals surface area contributed by atoms with E-state index in [2.05, 4.69) is 4.86 Å². The monoisotopic (exact) mass is 785 g/mol. The van der Waals surface area contributed by atoms with Crippen LogP contribution in [0.25, 0.3) is 0 Å². The van der Waals surface area contributed by atoms with E-state index < -0.39 is 45.3 Å². The number of nitrogens with one attached hydrogen (secondary N) is 1. The van der Waals surface area contributed by atoms with Crippen LogP contribution in [-0.2, 0) is 0 Å². The summed E-state index contributed by atoms with van der Waals surface area (Å²) in [7, 11) is -10.9. The van der Waals surface area contributed by atoms with Gasteiger partial charge in [-0.3, -0.25) is 0 Å². The van der Waals surface area contributed by atoms with E-state index in [1.807, 2.05) is 0 Å². The minimum atomic E-state index is -5.84. The molecule has 0 spiro atoms. The predicted molar refractivity (Wildman–Crippen MR) is 205 cm³/mol. The SMILES string of the molecule is O=[N+]([O-])c1ccccc1ON1P(Oc2ccccc2)(Oc2ccccc2)=NPNP1(Oc1ccccc1)(Oc1ccccc1)Oc1ccccc1[N+](=O)[O-]. The Morgan fingerprint density at radius 2 is 0.926 bits per heavy atom. The molecular weight excluding hydrogens is 755 g/mol. The van der Waals surface area contributed by atoms with Crippen LogP contribution in [-0.4, -0.2) is 14.5 Å². The molecule has 1 aliphatic heterocycles. The zero-order chi connectivity index (χ0) is 37.5. The molecule has 0 saturated carbocycles. The van der Waals surface area contributed by atoms with Gasteiger partial charge in [0.1, 0.15) is 0 Å². The van der Waals surface area contributed by atoms with E-state index in [-0.39, 0.29) is 34.5 Å². The van der Waals surface area contributed by atoms with Gasteiger partial charge >= 0.3 is 311 Å². The summed E-state index contributed by atoms with van der Waals surface area (Å²) in [6, 6.07) is 45.1. The number of rotatable bonds is 14. The van der Waals surface area contributed by atoms with Crippen molar-refractivity contribution in [2.75, 3.05) is 0 Å². The van der Waals surface area contributed by atoms with E-state index in [1.165, 1.54) is 48.5 Å². The van der Waals surface area contributed by atoms with Gasteiger partial charge in [0.25, 0.3) is 0 Å². The molecule has 1 unspecified atom stereocenters. The summed E-state index contributed by atoms with van der Waals surface area (Å²) in [5.74, 6) is 0.205. The van der Waals surface area contributed by atoms with Crippen molar-refractivity contribution >= 4 is 35.5 Å². The molecule has 0 amide bonds. The predicted octanol–water partition coefficient (Wildman–Crippen LogP) is 10.7. The van der Waals surface area contributed by atoms with Crippen molar-refractivity contribution in [3.05, 3.63) is 190 Å². The summed E-state index contributed by atoms with van der Waals surface area (Å²) in [4.78, 5) is 33.7. The van der Waals surface area contributed by atoms with E-state index in [4.69, 9.17) is 32.0 Å². The number of hydrogen-bond acceptors (Lipinski definition) is 13. The Morgan fingerprint density at radius 3 is 1.39 bits per heavy atom. The van der Waals surface area contributed by atoms with Gasteiger partial charge in [-0.1, -0.05) is 0 Å². The molecule has 274 valence electrons. The van der Waals surface area contributed by atoms with Gasteiger partial charge in [-0.05, 0) is 0 Å². The zero-order valence-electron chi connectivity index (χ0n) is 27.9. The molecule has 0 bridgehead atoms. The Bertz CT molecular complexity index is 2230. The van der Waals surface area contributed by atoms with Gasteiger partial charge in [0.05, 0.1) is 0 Å². The first kappa shape index (κ1) is 36.3. The minimum absolute atomic E-state index is 0.151. The molecule has 0 aliphatic carbocycles. The van der Waals surface area contributed by atoms with Crippen LogP contribution in [0.2, 0.25) is 0 Å². The third kappa shape index (κ3) is 7.53. The quantitative estimate of drug-likeness (QED) is 0.0631. The second kappa shape index (κ2) is 15.5. The van der Waals surface area contributed by atoms with E-state index in [0.29, 0.717) is 0 Å². The molecule has 18 heteroatoms. The van der Waals surface area contributed by atoms with Crippen LogP contribution in [0, 0.1) is 20.2 Å². The molecule has 15 nitrogen and oxygen atoms in total. The molecule has 1 aliphatic rings. The average molecular weight is 786 g/mol. The molecular formula is C36H30N5O10P3. The van der Waals surface area contributed by atoms with Crippen LogP contribution in [0.5, 0.6) is 34.5 Å². The second-order valence-electron chi connectivity index (χ2n) is 11.2. The van der Waals surface area contributed by atoms with Crippen LogP contribution >= 0.6 is 24.1 Å². The summed E-state index contributed by atoms with van der Waals surface area (Å²) in [6.45, 7) is 0. The Labute approximate surface area is 310 Å². The Balaban J connectivity index is 1.61. The summed E-state index contributed by atoms with van der Waals surface area (Å²) in [5.41, 5.74) is -0.908. The molecule has 1 N–H and O–H groups in total. The summed E-state index contributed by atoms with van der Waals surface area (Å²) in [6.07, 6.45) is 0.